The molecule has 0 aliphatic heterocycles. The Labute approximate surface area is 95.2 Å². The van der Waals surface area contributed by atoms with E-state index < -0.39 is 9.05 Å². The Balaban J connectivity index is 0.000001000. The molecule has 1 radical (unpaired) electrons. The van der Waals surface area contributed by atoms with E-state index in [1.54, 1.807) is 0 Å². The van der Waals surface area contributed by atoms with E-state index in [1.165, 1.54) is 24.3 Å². The smallest absolute Gasteiger partial charge is 0.209 e. The first-order valence-corrected chi connectivity index (χ1v) is 4.82. The molecule has 0 atom stereocenters. The molecule has 0 aliphatic rings. The van der Waals surface area contributed by atoms with Gasteiger partial charge in [0, 0.05) is 43.4 Å². The second-order valence-corrected chi connectivity index (χ2v) is 4.24. The van der Waals surface area contributed by atoms with Gasteiger partial charge in [-0.05, 0) is 4.90 Å². The van der Waals surface area contributed by atoms with Gasteiger partial charge in [0.1, 0.15) is 0 Å². The van der Waals surface area contributed by atoms with Gasteiger partial charge in [-0.25, -0.2) is 8.42 Å². The first-order valence-electron chi connectivity index (χ1n) is 2.51. The van der Waals surface area contributed by atoms with Crippen LogP contribution in [0.5, 0.6) is 0 Å². The number of rotatable bonds is 1. The van der Waals surface area contributed by atoms with Crippen molar-refractivity contribution in [1.82, 2.24) is 0 Å². The molecule has 11 heavy (non-hydrogen) atoms. The third kappa shape index (κ3) is 3.65. The number of halogens is 1. The standard InChI is InChI=1S/C6H4ClO2S.Y/c7-10(8,9)6-4-2-1-3-5-6;/h2-5H;/q-1;. The fraction of sp³-hybridized carbons (Fsp3) is 0. The summed E-state index contributed by atoms with van der Waals surface area (Å²) in [5.74, 6) is 0. The molecule has 57 valence electrons. The van der Waals surface area contributed by atoms with Crippen LogP contribution in [0.15, 0.2) is 29.2 Å². The van der Waals surface area contributed by atoms with E-state index in [-0.39, 0.29) is 37.6 Å². The van der Waals surface area contributed by atoms with Crippen LogP contribution >= 0.6 is 10.7 Å². The van der Waals surface area contributed by atoms with Crippen molar-refractivity contribution in [2.24, 2.45) is 0 Å². The molecule has 2 nitrogen and oxygen atoms in total. The summed E-state index contributed by atoms with van der Waals surface area (Å²) in [7, 11) is 1.47. The molecule has 0 fully saturated rings. The van der Waals surface area contributed by atoms with E-state index in [1.807, 2.05) is 0 Å². The van der Waals surface area contributed by atoms with Crippen LogP contribution in [0.1, 0.15) is 0 Å². The Kier molecular flexibility index (Phi) is 4.79. The summed E-state index contributed by atoms with van der Waals surface area (Å²) in [5.41, 5.74) is 0. The SMILES string of the molecule is O=S(=O)(Cl)c1cc[c-]cc1.[Y]. The molecule has 0 aliphatic carbocycles. The predicted octanol–water partition coefficient (Wildman–Crippen LogP) is 1.41. The summed E-state index contributed by atoms with van der Waals surface area (Å²) < 4.78 is 21.2. The van der Waals surface area contributed by atoms with Crippen molar-refractivity contribution in [2.75, 3.05) is 0 Å². The van der Waals surface area contributed by atoms with Crippen LogP contribution in [0.25, 0.3) is 0 Å². The molecule has 5 heteroatoms. The number of benzene rings is 1. The van der Waals surface area contributed by atoms with Gasteiger partial charge in [0.15, 0.2) is 0 Å². The van der Waals surface area contributed by atoms with E-state index >= 15 is 0 Å². The van der Waals surface area contributed by atoms with Gasteiger partial charge >= 0.3 is 0 Å². The second kappa shape index (κ2) is 4.56. The van der Waals surface area contributed by atoms with Gasteiger partial charge in [-0.15, -0.1) is 0 Å². The molecule has 0 amide bonds. The van der Waals surface area contributed by atoms with Crippen LogP contribution in [-0.4, -0.2) is 8.42 Å². The van der Waals surface area contributed by atoms with E-state index in [2.05, 4.69) is 6.07 Å². The average molecular weight is 265 g/mol. The Hall–Kier alpha value is 0.564. The first-order chi connectivity index (χ1) is 4.61. The van der Waals surface area contributed by atoms with Crippen molar-refractivity contribution >= 4 is 19.7 Å². The Morgan fingerprint density at radius 2 is 1.73 bits per heavy atom. The van der Waals surface area contributed by atoms with E-state index in [0.29, 0.717) is 0 Å². The van der Waals surface area contributed by atoms with E-state index in [0.717, 1.165) is 0 Å². The molecule has 0 spiro atoms. The largest absolute Gasteiger partial charge is 0.238 e. The zero-order valence-electron chi connectivity index (χ0n) is 5.49. The molecule has 1 rings (SSSR count). The van der Waals surface area contributed by atoms with Gasteiger partial charge in [-0.3, -0.25) is 0 Å². The summed E-state index contributed by atoms with van der Waals surface area (Å²) in [6, 6.07) is 8.45. The summed E-state index contributed by atoms with van der Waals surface area (Å²) in [4.78, 5) is 0.105. The van der Waals surface area contributed by atoms with Crippen LogP contribution in [-0.2, 0) is 41.8 Å². The molecule has 1 aromatic carbocycles. The van der Waals surface area contributed by atoms with Gasteiger partial charge in [0.05, 0.1) is 0 Å². The molecule has 0 N–H and O–H groups in total. The van der Waals surface area contributed by atoms with Crippen molar-refractivity contribution in [3.63, 3.8) is 0 Å². The quantitative estimate of drug-likeness (QED) is 0.568. The molecular weight excluding hydrogens is 260 g/mol. The predicted molar refractivity (Wildman–Crippen MR) is 38.3 cm³/mol. The number of hydrogen-bond acceptors (Lipinski definition) is 2. The summed E-state index contributed by atoms with van der Waals surface area (Å²) >= 11 is 0. The summed E-state index contributed by atoms with van der Waals surface area (Å²) in [6.07, 6.45) is 0. The summed E-state index contributed by atoms with van der Waals surface area (Å²) in [5, 5.41) is 0. The molecule has 0 saturated carbocycles. The van der Waals surface area contributed by atoms with Crippen molar-refractivity contribution in [1.29, 1.82) is 0 Å². The molecule has 0 aromatic heterocycles. The minimum absolute atomic E-state index is 0. The molecule has 0 saturated heterocycles. The third-order valence-corrected chi connectivity index (χ3v) is 2.34. The maximum atomic E-state index is 10.6. The van der Waals surface area contributed by atoms with Gasteiger partial charge in [0.25, 0.3) is 0 Å². The first kappa shape index (κ1) is 11.6. The normalized spacial score (nSPS) is 10.3. The summed E-state index contributed by atoms with van der Waals surface area (Å²) in [6.45, 7) is 0. The molecular formula is C6H4ClO2SY-. The van der Waals surface area contributed by atoms with Crippen molar-refractivity contribution in [2.45, 2.75) is 4.90 Å². The number of hydrogen-bond donors (Lipinski definition) is 0. The molecule has 0 unspecified atom stereocenters. The average Bonchev–Trinajstić information content (AvgIpc) is 1.88. The monoisotopic (exact) mass is 264 g/mol. The van der Waals surface area contributed by atoms with Gasteiger partial charge in [0.2, 0.25) is 9.05 Å². The fourth-order valence-electron chi connectivity index (χ4n) is 0.534. The minimum atomic E-state index is -3.55. The zero-order chi connectivity index (χ0) is 7.61. The van der Waals surface area contributed by atoms with Crippen LogP contribution in [0.3, 0.4) is 0 Å². The third-order valence-electron chi connectivity index (χ3n) is 0.969. The van der Waals surface area contributed by atoms with Gasteiger partial charge < -0.3 is 0 Å². The van der Waals surface area contributed by atoms with Gasteiger partial charge in [-0.1, -0.05) is 0 Å². The maximum absolute atomic E-state index is 10.6. The minimum Gasteiger partial charge on any atom is -0.209 e. The molecule has 1 aromatic rings. The Bertz CT molecular complexity index is 309. The van der Waals surface area contributed by atoms with Crippen molar-refractivity contribution < 1.29 is 41.1 Å². The topological polar surface area (TPSA) is 34.1 Å². The maximum Gasteiger partial charge on any atom is 0.238 e. The van der Waals surface area contributed by atoms with E-state index in [9.17, 15) is 8.42 Å². The van der Waals surface area contributed by atoms with Crippen LogP contribution in [0.4, 0.5) is 0 Å². The van der Waals surface area contributed by atoms with Crippen molar-refractivity contribution in [3.05, 3.63) is 30.3 Å². The van der Waals surface area contributed by atoms with E-state index in [4.69, 9.17) is 10.7 Å². The Morgan fingerprint density at radius 3 is 2.00 bits per heavy atom. The zero-order valence-corrected chi connectivity index (χ0v) is 9.90. The van der Waals surface area contributed by atoms with Crippen LogP contribution in [0.2, 0.25) is 0 Å². The molecule has 0 heterocycles. The second-order valence-electron chi connectivity index (χ2n) is 1.67. The van der Waals surface area contributed by atoms with Crippen LogP contribution < -0.4 is 0 Å². The van der Waals surface area contributed by atoms with Gasteiger partial charge in [-0.2, -0.15) is 30.3 Å². The Morgan fingerprint density at radius 1 is 1.27 bits per heavy atom. The van der Waals surface area contributed by atoms with Crippen molar-refractivity contribution in [3.8, 4) is 0 Å². The van der Waals surface area contributed by atoms with Crippen LogP contribution in [0, 0.1) is 6.07 Å². The molecule has 0 bridgehead atoms. The fourth-order valence-corrected chi connectivity index (χ4v) is 1.30.